The number of rotatable bonds is 4. The zero-order chi connectivity index (χ0) is 14.2. The van der Waals surface area contributed by atoms with Crippen LogP contribution in [-0.4, -0.2) is 42.9 Å². The van der Waals surface area contributed by atoms with E-state index >= 15 is 0 Å². The Bertz CT molecular complexity index is 676. The molecule has 20 heavy (non-hydrogen) atoms. The summed E-state index contributed by atoms with van der Waals surface area (Å²) in [6.07, 6.45) is 0.737. The van der Waals surface area contributed by atoms with Crippen LogP contribution in [0, 0.1) is 0 Å². The summed E-state index contributed by atoms with van der Waals surface area (Å²) in [6, 6.07) is 4.23. The molecular weight excluding hydrogens is 312 g/mol. The molecule has 1 fully saturated rings. The fourth-order valence-corrected chi connectivity index (χ4v) is 5.83. The van der Waals surface area contributed by atoms with Crippen molar-refractivity contribution in [2.24, 2.45) is 0 Å². The van der Waals surface area contributed by atoms with Gasteiger partial charge < -0.3 is 0 Å². The van der Waals surface area contributed by atoms with E-state index < -0.39 is 9.84 Å². The van der Waals surface area contributed by atoms with E-state index in [0.29, 0.717) is 12.3 Å². The van der Waals surface area contributed by atoms with Crippen molar-refractivity contribution in [2.45, 2.75) is 19.0 Å². The molecule has 0 aliphatic carbocycles. The monoisotopic (exact) mass is 328 g/mol. The number of nitrogens with zero attached hydrogens (tertiary/aromatic N) is 2. The summed E-state index contributed by atoms with van der Waals surface area (Å²) in [4.78, 5) is 7.93. The molecule has 0 aromatic carbocycles. The van der Waals surface area contributed by atoms with Gasteiger partial charge in [0, 0.05) is 18.0 Å². The van der Waals surface area contributed by atoms with Crippen molar-refractivity contribution in [3.8, 4) is 9.88 Å². The molecule has 1 aliphatic rings. The molecule has 0 spiro atoms. The van der Waals surface area contributed by atoms with Crippen molar-refractivity contribution in [2.75, 3.05) is 18.6 Å². The third kappa shape index (κ3) is 3.11. The summed E-state index contributed by atoms with van der Waals surface area (Å²) in [5, 5.41) is 5.16. The van der Waals surface area contributed by atoms with E-state index in [1.807, 2.05) is 18.5 Å². The van der Waals surface area contributed by atoms with Gasteiger partial charge in [-0.1, -0.05) is 6.07 Å². The summed E-state index contributed by atoms with van der Waals surface area (Å²) in [6.45, 7) is 0.710. The fraction of sp³-hybridized carbons (Fsp3) is 0.462. The van der Waals surface area contributed by atoms with Gasteiger partial charge in [-0.05, 0) is 24.9 Å². The summed E-state index contributed by atoms with van der Waals surface area (Å²) < 4.78 is 23.0. The minimum atomic E-state index is -2.82. The predicted molar refractivity (Wildman–Crippen MR) is 84.0 cm³/mol. The van der Waals surface area contributed by atoms with Crippen LogP contribution in [0.1, 0.15) is 12.1 Å². The van der Waals surface area contributed by atoms with Crippen molar-refractivity contribution < 1.29 is 8.42 Å². The van der Waals surface area contributed by atoms with Gasteiger partial charge in [0.05, 0.1) is 22.1 Å². The van der Waals surface area contributed by atoms with Crippen molar-refractivity contribution in [3.05, 3.63) is 28.6 Å². The average Bonchev–Trinajstić information content (AvgIpc) is 3.07. The lowest BCUT2D eigenvalue weighted by Crippen LogP contribution is -2.32. The van der Waals surface area contributed by atoms with Crippen LogP contribution < -0.4 is 0 Å². The second-order valence-electron chi connectivity index (χ2n) is 5.09. The molecule has 1 atom stereocenters. The van der Waals surface area contributed by atoms with Crippen LogP contribution >= 0.6 is 22.7 Å². The quantitative estimate of drug-likeness (QED) is 0.865. The van der Waals surface area contributed by atoms with Crippen LogP contribution in [0.3, 0.4) is 0 Å². The number of hydrogen-bond acceptors (Lipinski definition) is 6. The Labute approximate surface area is 127 Å². The first kappa shape index (κ1) is 14.2. The predicted octanol–water partition coefficient (Wildman–Crippen LogP) is 2.49. The Balaban J connectivity index is 1.66. The number of thiophene rings is 1. The Morgan fingerprint density at radius 2 is 2.30 bits per heavy atom. The van der Waals surface area contributed by atoms with Crippen LogP contribution in [-0.2, 0) is 16.4 Å². The first-order valence-electron chi connectivity index (χ1n) is 6.42. The van der Waals surface area contributed by atoms with Gasteiger partial charge in [-0.3, -0.25) is 4.90 Å². The van der Waals surface area contributed by atoms with E-state index in [1.54, 1.807) is 22.7 Å². The number of thiazole rings is 1. The van der Waals surface area contributed by atoms with E-state index in [-0.39, 0.29) is 11.8 Å². The van der Waals surface area contributed by atoms with Crippen LogP contribution in [0.4, 0.5) is 0 Å². The van der Waals surface area contributed by atoms with Gasteiger partial charge >= 0.3 is 0 Å². The number of aromatic nitrogens is 1. The van der Waals surface area contributed by atoms with Crippen LogP contribution in [0.15, 0.2) is 22.9 Å². The van der Waals surface area contributed by atoms with Crippen molar-refractivity contribution in [3.63, 3.8) is 0 Å². The zero-order valence-corrected chi connectivity index (χ0v) is 13.6. The Kier molecular flexibility index (Phi) is 3.94. The van der Waals surface area contributed by atoms with Crippen molar-refractivity contribution >= 4 is 32.5 Å². The van der Waals surface area contributed by atoms with Gasteiger partial charge in [-0.15, -0.1) is 22.7 Å². The lowest BCUT2D eigenvalue weighted by molar-refractivity contribution is 0.251. The normalized spacial score (nSPS) is 21.6. The maximum Gasteiger partial charge on any atom is 0.151 e. The third-order valence-corrected chi connectivity index (χ3v) is 7.21. The largest absolute Gasteiger partial charge is 0.297 e. The van der Waals surface area contributed by atoms with E-state index in [0.717, 1.165) is 17.1 Å². The van der Waals surface area contributed by atoms with Crippen LogP contribution in [0.5, 0.6) is 0 Å². The molecule has 4 nitrogen and oxygen atoms in total. The topological polar surface area (TPSA) is 50.3 Å². The lowest BCUT2D eigenvalue weighted by Gasteiger charge is -2.21. The molecule has 0 amide bonds. The van der Waals surface area contributed by atoms with Gasteiger partial charge in [0.1, 0.15) is 5.01 Å². The molecule has 0 unspecified atom stereocenters. The summed E-state index contributed by atoms with van der Waals surface area (Å²) >= 11 is 3.33. The first-order chi connectivity index (χ1) is 9.53. The fourth-order valence-electron chi connectivity index (χ4n) is 2.40. The smallest absolute Gasteiger partial charge is 0.151 e. The molecule has 2 aromatic rings. The van der Waals surface area contributed by atoms with E-state index in [9.17, 15) is 8.42 Å². The minimum absolute atomic E-state index is 0.131. The highest BCUT2D eigenvalue weighted by Crippen LogP contribution is 2.28. The molecule has 108 valence electrons. The van der Waals surface area contributed by atoms with Gasteiger partial charge in [-0.2, -0.15) is 0 Å². The first-order valence-corrected chi connectivity index (χ1v) is 10.0. The van der Waals surface area contributed by atoms with E-state index in [1.165, 1.54) is 4.88 Å². The van der Waals surface area contributed by atoms with Gasteiger partial charge in [0.15, 0.2) is 9.84 Å². The lowest BCUT2D eigenvalue weighted by atomic mass is 10.2. The molecule has 0 bridgehead atoms. The molecule has 1 saturated heterocycles. The number of hydrogen-bond donors (Lipinski definition) is 0. The molecular formula is C13H16N2O2S3. The van der Waals surface area contributed by atoms with E-state index in [2.05, 4.69) is 21.3 Å². The Morgan fingerprint density at radius 1 is 1.45 bits per heavy atom. The molecule has 7 heteroatoms. The summed E-state index contributed by atoms with van der Waals surface area (Å²) in [5.74, 6) is 0.602. The highest BCUT2D eigenvalue weighted by Gasteiger charge is 2.30. The van der Waals surface area contributed by atoms with Crippen LogP contribution in [0.25, 0.3) is 9.88 Å². The average molecular weight is 328 g/mol. The number of sulfone groups is 1. The Hall–Kier alpha value is -0.760. The highest BCUT2D eigenvalue weighted by molar-refractivity contribution is 7.91. The molecule has 0 saturated carbocycles. The zero-order valence-electron chi connectivity index (χ0n) is 11.2. The van der Waals surface area contributed by atoms with Gasteiger partial charge in [-0.25, -0.2) is 13.4 Å². The maximum atomic E-state index is 11.5. The van der Waals surface area contributed by atoms with Crippen molar-refractivity contribution in [1.29, 1.82) is 0 Å². The summed E-state index contributed by atoms with van der Waals surface area (Å²) in [5.41, 5.74) is 1.02. The van der Waals surface area contributed by atoms with Gasteiger partial charge in [0.25, 0.3) is 0 Å². The molecule has 2 aromatic heterocycles. The standard InChI is InChI=1S/C13H16N2O2S3/c1-15(11-4-6-20(16,17)9-11)7-10-8-19-13(14-10)12-3-2-5-18-12/h2-3,5,8,11H,4,6-7,9H2,1H3/t11-/m0/s1. The van der Waals surface area contributed by atoms with E-state index in [4.69, 9.17) is 0 Å². The summed E-state index contributed by atoms with van der Waals surface area (Å²) in [7, 11) is -0.839. The second kappa shape index (κ2) is 5.55. The van der Waals surface area contributed by atoms with Gasteiger partial charge in [0.2, 0.25) is 0 Å². The Morgan fingerprint density at radius 3 is 2.95 bits per heavy atom. The highest BCUT2D eigenvalue weighted by atomic mass is 32.2. The molecule has 3 rings (SSSR count). The molecule has 0 N–H and O–H groups in total. The minimum Gasteiger partial charge on any atom is -0.297 e. The maximum absolute atomic E-state index is 11.5. The van der Waals surface area contributed by atoms with Crippen molar-refractivity contribution in [1.82, 2.24) is 9.88 Å². The molecule has 3 heterocycles. The van der Waals surface area contributed by atoms with Crippen LogP contribution in [0.2, 0.25) is 0 Å². The second-order valence-corrected chi connectivity index (χ2v) is 9.13. The third-order valence-electron chi connectivity index (χ3n) is 3.53. The SMILES string of the molecule is CN(Cc1csc(-c2cccs2)n1)[C@H]1CCS(=O)(=O)C1. The molecule has 0 radical (unpaired) electrons. The molecule has 1 aliphatic heterocycles.